The molecule has 0 bridgehead atoms. The fraction of sp³-hybridized carbons (Fsp3) is 0.368. The van der Waals surface area contributed by atoms with E-state index in [9.17, 15) is 9.18 Å². The van der Waals surface area contributed by atoms with Crippen molar-refractivity contribution in [3.05, 3.63) is 41.3 Å². The molecule has 0 aliphatic carbocycles. The molecule has 144 valence electrons. The molecule has 3 aromatic heterocycles. The maximum atomic E-state index is 13.4. The van der Waals surface area contributed by atoms with Crippen molar-refractivity contribution < 1.29 is 9.18 Å². The van der Waals surface area contributed by atoms with E-state index in [-0.39, 0.29) is 5.91 Å². The van der Waals surface area contributed by atoms with Gasteiger partial charge in [-0.2, -0.15) is 5.10 Å². The van der Waals surface area contributed by atoms with Gasteiger partial charge in [0, 0.05) is 44.5 Å². The molecule has 2 aliphatic heterocycles. The molecule has 0 saturated carbocycles. The molecule has 0 spiro atoms. The van der Waals surface area contributed by atoms with Crippen LogP contribution in [0, 0.1) is 0 Å². The molecule has 0 N–H and O–H groups in total. The molecule has 5 heterocycles. The van der Waals surface area contributed by atoms with Crippen molar-refractivity contribution in [2.45, 2.75) is 19.0 Å². The molecule has 1 unspecified atom stereocenters. The summed E-state index contributed by atoms with van der Waals surface area (Å²) in [6, 6.07) is 3.85. The standard InChI is InChI=1S/C19H19FN6OS/c1-24-11-14(9-22-24)26-7-5-15-17(19(26)27)28-18(23-15)12-2-3-16(21-8-12)25-6-4-13(20)10-25/h2-3,8-9,11,13H,4-7,10H2,1H3. The number of anilines is 2. The Morgan fingerprint density at radius 2 is 2.14 bits per heavy atom. The number of pyridine rings is 1. The first-order chi connectivity index (χ1) is 13.6. The number of hydrogen-bond acceptors (Lipinski definition) is 6. The fourth-order valence-corrected chi connectivity index (χ4v) is 4.72. The van der Waals surface area contributed by atoms with Crippen molar-refractivity contribution in [2.24, 2.45) is 7.05 Å². The van der Waals surface area contributed by atoms with Crippen LogP contribution in [0.3, 0.4) is 0 Å². The van der Waals surface area contributed by atoms with Crippen LogP contribution in [0.15, 0.2) is 30.7 Å². The molecule has 1 fully saturated rings. The van der Waals surface area contributed by atoms with Crippen molar-refractivity contribution >= 4 is 28.7 Å². The number of amides is 1. The number of fused-ring (bicyclic) bond motifs is 1. The lowest BCUT2D eigenvalue weighted by Crippen LogP contribution is -2.36. The average Bonchev–Trinajstić information content (AvgIpc) is 3.42. The number of thiazole rings is 1. The molecular formula is C19H19FN6OS. The highest BCUT2D eigenvalue weighted by molar-refractivity contribution is 7.17. The number of rotatable bonds is 3. The van der Waals surface area contributed by atoms with Gasteiger partial charge in [-0.3, -0.25) is 9.48 Å². The third-order valence-corrected chi connectivity index (χ3v) is 6.30. The first kappa shape index (κ1) is 17.3. The molecule has 0 aromatic carbocycles. The summed E-state index contributed by atoms with van der Waals surface area (Å²) >= 11 is 1.40. The zero-order valence-electron chi connectivity index (χ0n) is 15.4. The third-order valence-electron chi connectivity index (χ3n) is 5.16. The molecule has 1 atom stereocenters. The number of alkyl halides is 1. The zero-order chi connectivity index (χ0) is 19.3. The summed E-state index contributed by atoms with van der Waals surface area (Å²) in [5.41, 5.74) is 2.52. The van der Waals surface area contributed by atoms with E-state index in [0.717, 1.165) is 27.8 Å². The van der Waals surface area contributed by atoms with Crippen LogP contribution in [0.2, 0.25) is 0 Å². The molecular weight excluding hydrogens is 379 g/mol. The first-order valence-corrected chi connectivity index (χ1v) is 10.1. The first-order valence-electron chi connectivity index (χ1n) is 9.24. The normalized spacial score (nSPS) is 19.4. The maximum absolute atomic E-state index is 13.4. The molecule has 9 heteroatoms. The zero-order valence-corrected chi connectivity index (χ0v) is 16.2. The van der Waals surface area contributed by atoms with E-state index in [1.165, 1.54) is 11.3 Å². The lowest BCUT2D eigenvalue weighted by Gasteiger charge is -2.24. The van der Waals surface area contributed by atoms with E-state index in [4.69, 9.17) is 0 Å². The maximum Gasteiger partial charge on any atom is 0.270 e. The van der Waals surface area contributed by atoms with Gasteiger partial charge in [0.15, 0.2) is 0 Å². The summed E-state index contributed by atoms with van der Waals surface area (Å²) in [6.07, 6.45) is 5.79. The minimum Gasteiger partial charge on any atom is -0.354 e. The second-order valence-electron chi connectivity index (χ2n) is 7.11. The molecule has 1 amide bonds. The second-order valence-corrected chi connectivity index (χ2v) is 8.11. The van der Waals surface area contributed by atoms with Gasteiger partial charge in [-0.05, 0) is 18.6 Å². The highest BCUT2D eigenvalue weighted by atomic mass is 32.1. The van der Waals surface area contributed by atoms with Crippen molar-refractivity contribution in [3.63, 3.8) is 0 Å². The van der Waals surface area contributed by atoms with Crippen LogP contribution < -0.4 is 9.80 Å². The Morgan fingerprint density at radius 1 is 1.25 bits per heavy atom. The number of aryl methyl sites for hydroxylation is 1. The summed E-state index contributed by atoms with van der Waals surface area (Å²) in [4.78, 5) is 26.5. The van der Waals surface area contributed by atoms with Gasteiger partial charge in [0.1, 0.15) is 21.9 Å². The number of carbonyl (C=O) groups is 1. The molecule has 5 rings (SSSR count). The summed E-state index contributed by atoms with van der Waals surface area (Å²) in [6.45, 7) is 1.69. The predicted molar refractivity (Wildman–Crippen MR) is 106 cm³/mol. The van der Waals surface area contributed by atoms with Gasteiger partial charge < -0.3 is 9.80 Å². The van der Waals surface area contributed by atoms with Gasteiger partial charge in [-0.25, -0.2) is 14.4 Å². The van der Waals surface area contributed by atoms with E-state index in [1.54, 1.807) is 22.0 Å². The summed E-state index contributed by atoms with van der Waals surface area (Å²) < 4.78 is 15.1. The van der Waals surface area contributed by atoms with Gasteiger partial charge in [-0.15, -0.1) is 11.3 Å². The Bertz CT molecular complexity index is 1030. The Balaban J connectivity index is 1.39. The summed E-state index contributed by atoms with van der Waals surface area (Å²) in [5.74, 6) is 0.748. The highest BCUT2D eigenvalue weighted by Crippen LogP contribution is 2.33. The molecule has 3 aromatic rings. The Morgan fingerprint density at radius 3 is 2.82 bits per heavy atom. The van der Waals surface area contributed by atoms with Crippen LogP contribution in [0.1, 0.15) is 21.8 Å². The lowest BCUT2D eigenvalue weighted by atomic mass is 10.1. The molecule has 1 saturated heterocycles. The second kappa shape index (κ2) is 6.66. The Labute approximate surface area is 165 Å². The third kappa shape index (κ3) is 2.95. The minimum atomic E-state index is -0.777. The molecule has 0 radical (unpaired) electrons. The average molecular weight is 398 g/mol. The van der Waals surface area contributed by atoms with Crippen molar-refractivity contribution in [1.29, 1.82) is 0 Å². The number of hydrogen-bond donors (Lipinski definition) is 0. The van der Waals surface area contributed by atoms with Gasteiger partial charge in [0.25, 0.3) is 5.91 Å². The highest BCUT2D eigenvalue weighted by Gasteiger charge is 2.30. The van der Waals surface area contributed by atoms with Gasteiger partial charge >= 0.3 is 0 Å². The Hall–Kier alpha value is -2.81. The summed E-state index contributed by atoms with van der Waals surface area (Å²) in [5, 5.41) is 4.94. The van der Waals surface area contributed by atoms with Crippen molar-refractivity contribution in [1.82, 2.24) is 19.7 Å². The van der Waals surface area contributed by atoms with E-state index in [1.807, 2.05) is 30.3 Å². The number of halogens is 1. The largest absolute Gasteiger partial charge is 0.354 e. The van der Waals surface area contributed by atoms with Crippen molar-refractivity contribution in [3.8, 4) is 10.6 Å². The number of nitrogens with zero attached hydrogens (tertiary/aromatic N) is 6. The molecule has 7 nitrogen and oxygen atoms in total. The van der Waals surface area contributed by atoms with E-state index in [2.05, 4.69) is 15.1 Å². The van der Waals surface area contributed by atoms with Crippen LogP contribution in [0.5, 0.6) is 0 Å². The smallest absolute Gasteiger partial charge is 0.270 e. The lowest BCUT2D eigenvalue weighted by molar-refractivity contribution is 0.0984. The van der Waals surface area contributed by atoms with Gasteiger partial charge in [-0.1, -0.05) is 0 Å². The van der Waals surface area contributed by atoms with Crippen LogP contribution >= 0.6 is 11.3 Å². The Kier molecular flexibility index (Phi) is 4.12. The molecule has 2 aliphatic rings. The van der Waals surface area contributed by atoms with Crippen LogP contribution in [-0.2, 0) is 13.5 Å². The minimum absolute atomic E-state index is 0.0337. The van der Waals surface area contributed by atoms with E-state index in [0.29, 0.717) is 37.4 Å². The predicted octanol–water partition coefficient (Wildman–Crippen LogP) is 2.69. The van der Waals surface area contributed by atoms with Crippen LogP contribution in [0.25, 0.3) is 10.6 Å². The molecule has 28 heavy (non-hydrogen) atoms. The van der Waals surface area contributed by atoms with E-state index < -0.39 is 6.17 Å². The topological polar surface area (TPSA) is 67.2 Å². The van der Waals surface area contributed by atoms with E-state index >= 15 is 0 Å². The fourth-order valence-electron chi connectivity index (χ4n) is 3.67. The number of carbonyl (C=O) groups excluding carboxylic acids is 1. The monoisotopic (exact) mass is 398 g/mol. The van der Waals surface area contributed by atoms with Crippen LogP contribution in [-0.4, -0.2) is 51.5 Å². The van der Waals surface area contributed by atoms with Gasteiger partial charge in [0.05, 0.1) is 24.1 Å². The van der Waals surface area contributed by atoms with Crippen LogP contribution in [0.4, 0.5) is 15.9 Å². The van der Waals surface area contributed by atoms with Crippen molar-refractivity contribution in [2.75, 3.05) is 29.4 Å². The SMILES string of the molecule is Cn1cc(N2CCc3nc(-c4ccc(N5CCC(F)C5)nc4)sc3C2=O)cn1. The van der Waals surface area contributed by atoms with Gasteiger partial charge in [0.2, 0.25) is 0 Å². The number of aromatic nitrogens is 4. The quantitative estimate of drug-likeness (QED) is 0.679. The summed E-state index contributed by atoms with van der Waals surface area (Å²) in [7, 11) is 1.83.